The van der Waals surface area contributed by atoms with Crippen LogP contribution in [-0.4, -0.2) is 9.13 Å². The Morgan fingerprint density at radius 3 is 1.32 bits per heavy atom. The van der Waals surface area contributed by atoms with Gasteiger partial charge in [0, 0.05) is 27.4 Å². The molecule has 8 aromatic carbocycles. The van der Waals surface area contributed by atoms with E-state index in [0.29, 0.717) is 0 Å². The van der Waals surface area contributed by atoms with Crippen LogP contribution in [0, 0.1) is 0 Å². The highest BCUT2D eigenvalue weighted by atomic mass is 15.1. The highest BCUT2D eigenvalue weighted by molar-refractivity contribution is 6.18. The Balaban J connectivity index is 1.30. The first-order valence-electron chi connectivity index (χ1n) is 19.9. The van der Waals surface area contributed by atoms with Crippen LogP contribution >= 0.6 is 0 Å². The van der Waals surface area contributed by atoms with Gasteiger partial charge in [0.15, 0.2) is 0 Å². The van der Waals surface area contributed by atoms with E-state index in [1.165, 1.54) is 94.5 Å². The van der Waals surface area contributed by atoms with E-state index in [1.807, 2.05) is 0 Å². The zero-order chi connectivity index (χ0) is 38.1. The van der Waals surface area contributed by atoms with Crippen molar-refractivity contribution in [1.29, 1.82) is 0 Å². The van der Waals surface area contributed by atoms with Crippen molar-refractivity contribution in [3.8, 4) is 67.1 Å². The van der Waals surface area contributed by atoms with Crippen LogP contribution in [0.15, 0.2) is 206 Å². The fraction of sp³-hybridized carbons (Fsp3) is 0.0545. The van der Waals surface area contributed by atoms with Gasteiger partial charge in [-0.1, -0.05) is 172 Å². The van der Waals surface area contributed by atoms with Crippen molar-refractivity contribution in [2.24, 2.45) is 0 Å². The summed E-state index contributed by atoms with van der Waals surface area (Å²) in [6.45, 7) is 4.81. The van der Waals surface area contributed by atoms with Crippen LogP contribution in [0.25, 0.3) is 88.9 Å². The van der Waals surface area contributed by atoms with Gasteiger partial charge in [-0.25, -0.2) is 0 Å². The third kappa shape index (κ3) is 5.25. The van der Waals surface area contributed by atoms with Gasteiger partial charge in [0.2, 0.25) is 0 Å². The molecule has 0 aliphatic carbocycles. The zero-order valence-corrected chi connectivity index (χ0v) is 32.0. The van der Waals surface area contributed by atoms with Gasteiger partial charge >= 0.3 is 0 Å². The first-order chi connectivity index (χ1) is 28.0. The van der Waals surface area contributed by atoms with Crippen molar-refractivity contribution in [3.63, 3.8) is 0 Å². The first kappa shape index (κ1) is 33.2. The van der Waals surface area contributed by atoms with Gasteiger partial charge in [-0.2, -0.15) is 0 Å². The molecule has 0 radical (unpaired) electrons. The Bertz CT molecular complexity index is 3000. The standard InChI is InChI=1S/C55H40N2/c1-55(2)48-28-16-18-30-50(48)57-52(45-33-41(37-19-7-3-8-20-37)31-42(34-45)38-21-9-4-10-22-38)51-47-27-15-17-29-49(47)56(53(51)54(55)57)46-35-43(39-23-11-5-12-24-39)32-44(36-46)40-25-13-6-14-26-40/h3-36H,1-2H3. The molecule has 0 amide bonds. The summed E-state index contributed by atoms with van der Waals surface area (Å²) < 4.78 is 5.16. The summed E-state index contributed by atoms with van der Waals surface area (Å²) in [4.78, 5) is 0. The summed E-state index contributed by atoms with van der Waals surface area (Å²) in [6.07, 6.45) is 0. The summed E-state index contributed by atoms with van der Waals surface area (Å²) in [5.41, 5.74) is 19.2. The van der Waals surface area contributed by atoms with Crippen LogP contribution in [0.3, 0.4) is 0 Å². The molecule has 10 aromatic rings. The van der Waals surface area contributed by atoms with Crippen LogP contribution in [0.4, 0.5) is 0 Å². The van der Waals surface area contributed by atoms with E-state index in [-0.39, 0.29) is 5.41 Å². The quantitative estimate of drug-likeness (QED) is 0.161. The second-order valence-electron chi connectivity index (χ2n) is 15.8. The summed E-state index contributed by atoms with van der Waals surface area (Å²) in [5.74, 6) is 0. The number of benzene rings is 8. The minimum atomic E-state index is -0.280. The predicted octanol–water partition coefficient (Wildman–Crippen LogP) is 14.5. The van der Waals surface area contributed by atoms with E-state index in [1.54, 1.807) is 0 Å². The largest absolute Gasteiger partial charge is 0.310 e. The fourth-order valence-electron chi connectivity index (χ4n) is 9.41. The average Bonchev–Trinajstić information content (AvgIpc) is 3.88. The maximum Gasteiger partial charge on any atom is 0.0770 e. The monoisotopic (exact) mass is 728 g/mol. The van der Waals surface area contributed by atoms with Gasteiger partial charge in [0.25, 0.3) is 0 Å². The summed E-state index contributed by atoms with van der Waals surface area (Å²) >= 11 is 0. The molecular formula is C55H40N2. The van der Waals surface area contributed by atoms with E-state index in [2.05, 4.69) is 229 Å². The summed E-state index contributed by atoms with van der Waals surface area (Å²) in [7, 11) is 0. The van der Waals surface area contributed by atoms with Crippen molar-refractivity contribution in [3.05, 3.63) is 218 Å². The Morgan fingerprint density at radius 2 is 0.789 bits per heavy atom. The lowest BCUT2D eigenvalue weighted by atomic mass is 9.82. The number of rotatable bonds is 6. The molecule has 0 N–H and O–H groups in total. The van der Waals surface area contributed by atoms with Crippen LogP contribution in [-0.2, 0) is 5.41 Å². The molecule has 0 spiro atoms. The van der Waals surface area contributed by atoms with E-state index < -0.39 is 0 Å². The number of nitrogens with zero attached hydrogens (tertiary/aromatic N) is 2. The van der Waals surface area contributed by atoms with Gasteiger partial charge in [0.05, 0.1) is 28.1 Å². The van der Waals surface area contributed by atoms with Gasteiger partial charge in [-0.05, 0) is 98.6 Å². The van der Waals surface area contributed by atoms with E-state index in [4.69, 9.17) is 0 Å². The summed E-state index contributed by atoms with van der Waals surface area (Å²) in [6, 6.07) is 75.5. The second kappa shape index (κ2) is 13.0. The molecule has 1 aliphatic rings. The minimum Gasteiger partial charge on any atom is -0.310 e. The van der Waals surface area contributed by atoms with E-state index in [0.717, 1.165) is 5.69 Å². The molecule has 3 heterocycles. The molecule has 0 saturated carbocycles. The normalized spacial score (nSPS) is 12.9. The molecule has 11 rings (SSSR count). The van der Waals surface area contributed by atoms with E-state index >= 15 is 0 Å². The highest BCUT2D eigenvalue weighted by Crippen LogP contribution is 2.54. The van der Waals surface area contributed by atoms with Gasteiger partial charge in [-0.3, -0.25) is 0 Å². The predicted molar refractivity (Wildman–Crippen MR) is 239 cm³/mol. The molecule has 0 fully saturated rings. The number of aromatic nitrogens is 2. The van der Waals surface area contributed by atoms with Crippen molar-refractivity contribution < 1.29 is 0 Å². The zero-order valence-electron chi connectivity index (χ0n) is 32.0. The Morgan fingerprint density at radius 1 is 0.368 bits per heavy atom. The Hall–Kier alpha value is -7.16. The smallest absolute Gasteiger partial charge is 0.0770 e. The average molecular weight is 729 g/mol. The topological polar surface area (TPSA) is 9.86 Å². The maximum atomic E-state index is 2.60. The molecule has 0 saturated heterocycles. The lowest BCUT2D eigenvalue weighted by molar-refractivity contribution is 0.646. The number of hydrogen-bond acceptors (Lipinski definition) is 0. The molecular weight excluding hydrogens is 689 g/mol. The molecule has 0 bridgehead atoms. The van der Waals surface area contributed by atoms with E-state index in [9.17, 15) is 0 Å². The van der Waals surface area contributed by atoms with Crippen molar-refractivity contribution in [1.82, 2.24) is 9.13 Å². The van der Waals surface area contributed by atoms with Gasteiger partial charge in [0.1, 0.15) is 0 Å². The summed E-state index contributed by atoms with van der Waals surface area (Å²) in [5, 5.41) is 2.52. The molecule has 2 nitrogen and oxygen atoms in total. The second-order valence-corrected chi connectivity index (χ2v) is 15.8. The molecule has 270 valence electrons. The third-order valence-electron chi connectivity index (χ3n) is 12.0. The number of para-hydroxylation sites is 2. The van der Waals surface area contributed by atoms with Crippen molar-refractivity contribution >= 4 is 21.8 Å². The fourth-order valence-corrected chi connectivity index (χ4v) is 9.41. The lowest BCUT2D eigenvalue weighted by Gasteiger charge is -2.21. The van der Waals surface area contributed by atoms with Crippen LogP contribution in [0.5, 0.6) is 0 Å². The number of hydrogen-bond donors (Lipinski definition) is 0. The van der Waals surface area contributed by atoms with Crippen LogP contribution < -0.4 is 0 Å². The van der Waals surface area contributed by atoms with Crippen LogP contribution in [0.1, 0.15) is 25.1 Å². The minimum absolute atomic E-state index is 0.280. The number of fused-ring (bicyclic) bond motifs is 7. The Labute approximate surface area is 333 Å². The molecule has 0 atom stereocenters. The molecule has 2 heteroatoms. The van der Waals surface area contributed by atoms with Crippen LogP contribution in [0.2, 0.25) is 0 Å². The molecule has 1 aliphatic heterocycles. The lowest BCUT2D eigenvalue weighted by Crippen LogP contribution is -2.16. The van der Waals surface area contributed by atoms with Crippen molar-refractivity contribution in [2.75, 3.05) is 0 Å². The van der Waals surface area contributed by atoms with Gasteiger partial charge < -0.3 is 9.13 Å². The molecule has 2 aromatic heterocycles. The Kier molecular flexibility index (Phi) is 7.55. The molecule has 57 heavy (non-hydrogen) atoms. The van der Waals surface area contributed by atoms with Gasteiger partial charge in [-0.15, -0.1) is 0 Å². The highest BCUT2D eigenvalue weighted by Gasteiger charge is 2.42. The maximum absolute atomic E-state index is 2.60. The molecule has 0 unspecified atom stereocenters. The SMILES string of the molecule is CC1(C)c2ccccc2-n2c(-c3cc(-c4ccccc4)cc(-c4ccccc4)c3)c3c4ccccc4n(-c4cc(-c5ccccc5)cc(-c5ccccc5)c4)c3c21. The third-order valence-corrected chi connectivity index (χ3v) is 12.0. The first-order valence-corrected chi connectivity index (χ1v) is 19.9. The van der Waals surface area contributed by atoms with Crippen molar-refractivity contribution in [2.45, 2.75) is 19.3 Å².